The summed E-state index contributed by atoms with van der Waals surface area (Å²) < 4.78 is 6.04. The Morgan fingerprint density at radius 2 is 2.18 bits per heavy atom. The monoisotopic (exact) mass is 302 g/mol. The lowest BCUT2D eigenvalue weighted by Gasteiger charge is -2.48. The first kappa shape index (κ1) is 14.4. The van der Waals surface area contributed by atoms with Crippen LogP contribution in [-0.4, -0.2) is 47.6 Å². The summed E-state index contributed by atoms with van der Waals surface area (Å²) >= 11 is 0. The van der Waals surface area contributed by atoms with Crippen LogP contribution in [-0.2, 0) is 4.74 Å². The summed E-state index contributed by atoms with van der Waals surface area (Å²) in [5.74, 6) is 1.01. The minimum Gasteiger partial charge on any atom is -0.375 e. The highest BCUT2D eigenvalue weighted by molar-refractivity contribution is 5.37. The van der Waals surface area contributed by atoms with Gasteiger partial charge in [0.1, 0.15) is 0 Å². The van der Waals surface area contributed by atoms with E-state index in [1.807, 2.05) is 6.07 Å². The lowest BCUT2D eigenvalue weighted by Crippen LogP contribution is -2.55. The number of anilines is 1. The van der Waals surface area contributed by atoms with Crippen molar-refractivity contribution in [2.75, 3.05) is 24.6 Å². The molecule has 1 N–H and O–H groups in total. The standard InChI is InChI=1S/C17H26N4O/c1-5-16(20-18-9-1)21-10-2-4-15(13-21)19-14-6-11-22-17(12-14)7-3-8-17/h1,5,9,14-15,19H,2-4,6-8,10-13H2. The van der Waals surface area contributed by atoms with Gasteiger partial charge in [0.25, 0.3) is 0 Å². The van der Waals surface area contributed by atoms with Gasteiger partial charge in [-0.3, -0.25) is 0 Å². The number of rotatable bonds is 3. The molecule has 1 spiro atoms. The van der Waals surface area contributed by atoms with Crippen molar-refractivity contribution in [1.29, 1.82) is 0 Å². The van der Waals surface area contributed by atoms with Gasteiger partial charge in [-0.2, -0.15) is 5.10 Å². The number of nitrogens with zero attached hydrogens (tertiary/aromatic N) is 3. The minimum absolute atomic E-state index is 0.231. The molecule has 2 atom stereocenters. The van der Waals surface area contributed by atoms with Crippen molar-refractivity contribution in [3.8, 4) is 0 Å². The lowest BCUT2D eigenvalue weighted by molar-refractivity contribution is -0.136. The maximum atomic E-state index is 6.04. The predicted molar refractivity (Wildman–Crippen MR) is 86.0 cm³/mol. The van der Waals surface area contributed by atoms with Crippen LogP contribution in [0.25, 0.3) is 0 Å². The van der Waals surface area contributed by atoms with E-state index >= 15 is 0 Å². The van der Waals surface area contributed by atoms with E-state index in [0.29, 0.717) is 12.1 Å². The Morgan fingerprint density at radius 1 is 1.23 bits per heavy atom. The van der Waals surface area contributed by atoms with Crippen LogP contribution in [0.4, 0.5) is 5.82 Å². The summed E-state index contributed by atoms with van der Waals surface area (Å²) in [6, 6.07) is 5.22. The molecule has 3 aliphatic rings. The Morgan fingerprint density at radius 3 is 2.95 bits per heavy atom. The van der Waals surface area contributed by atoms with Crippen LogP contribution in [0.1, 0.15) is 44.9 Å². The van der Waals surface area contributed by atoms with Gasteiger partial charge in [-0.15, -0.1) is 5.10 Å². The summed E-state index contributed by atoms with van der Waals surface area (Å²) in [6.45, 7) is 3.07. The lowest BCUT2D eigenvalue weighted by atomic mass is 9.74. The zero-order valence-corrected chi connectivity index (χ0v) is 13.2. The van der Waals surface area contributed by atoms with Crippen LogP contribution in [0.3, 0.4) is 0 Å². The third-order valence-corrected chi connectivity index (χ3v) is 5.53. The maximum Gasteiger partial charge on any atom is 0.151 e. The van der Waals surface area contributed by atoms with Crippen molar-refractivity contribution in [3.63, 3.8) is 0 Å². The molecular weight excluding hydrogens is 276 g/mol. The van der Waals surface area contributed by atoms with Gasteiger partial charge >= 0.3 is 0 Å². The molecule has 2 unspecified atom stereocenters. The third kappa shape index (κ3) is 2.97. The number of hydrogen-bond acceptors (Lipinski definition) is 5. The van der Waals surface area contributed by atoms with Gasteiger partial charge in [0.05, 0.1) is 5.60 Å². The summed E-state index contributed by atoms with van der Waals surface area (Å²) in [6.07, 6.45) is 10.5. The summed E-state index contributed by atoms with van der Waals surface area (Å²) in [5.41, 5.74) is 0.231. The van der Waals surface area contributed by atoms with Crippen LogP contribution in [0.2, 0.25) is 0 Å². The zero-order valence-electron chi connectivity index (χ0n) is 13.2. The van der Waals surface area contributed by atoms with Crippen molar-refractivity contribution < 1.29 is 4.74 Å². The first-order chi connectivity index (χ1) is 10.8. The first-order valence-corrected chi connectivity index (χ1v) is 8.76. The van der Waals surface area contributed by atoms with Gasteiger partial charge in [0.2, 0.25) is 0 Å². The fourth-order valence-corrected chi connectivity index (χ4v) is 4.21. The normalized spacial score (nSPS) is 31.0. The Balaban J connectivity index is 1.34. The van der Waals surface area contributed by atoms with Crippen molar-refractivity contribution in [2.45, 2.75) is 62.6 Å². The molecule has 2 aliphatic heterocycles. The van der Waals surface area contributed by atoms with Crippen molar-refractivity contribution in [1.82, 2.24) is 15.5 Å². The van der Waals surface area contributed by atoms with E-state index in [0.717, 1.165) is 31.9 Å². The largest absolute Gasteiger partial charge is 0.375 e. The number of aromatic nitrogens is 2. The first-order valence-electron chi connectivity index (χ1n) is 8.76. The number of piperidine rings is 1. The predicted octanol–water partition coefficient (Wildman–Crippen LogP) is 2.14. The van der Waals surface area contributed by atoms with E-state index in [-0.39, 0.29) is 5.60 Å². The average Bonchev–Trinajstić information content (AvgIpc) is 2.55. The molecule has 5 nitrogen and oxygen atoms in total. The van der Waals surface area contributed by atoms with Crippen molar-refractivity contribution in [3.05, 3.63) is 18.3 Å². The Labute approximate surface area is 132 Å². The second kappa shape index (κ2) is 6.13. The van der Waals surface area contributed by atoms with Crippen LogP contribution < -0.4 is 10.2 Å². The van der Waals surface area contributed by atoms with E-state index in [1.54, 1.807) is 6.20 Å². The van der Waals surface area contributed by atoms with E-state index in [2.05, 4.69) is 26.5 Å². The molecule has 22 heavy (non-hydrogen) atoms. The molecule has 1 saturated carbocycles. The molecule has 2 saturated heterocycles. The van der Waals surface area contributed by atoms with Gasteiger partial charge in [-0.05, 0) is 57.1 Å². The molecule has 0 radical (unpaired) electrons. The second-order valence-corrected chi connectivity index (χ2v) is 7.11. The van der Waals surface area contributed by atoms with E-state index in [4.69, 9.17) is 4.74 Å². The minimum atomic E-state index is 0.231. The molecule has 0 aromatic carbocycles. The quantitative estimate of drug-likeness (QED) is 0.927. The highest BCUT2D eigenvalue weighted by Gasteiger charge is 2.42. The molecule has 4 rings (SSSR count). The van der Waals surface area contributed by atoms with Crippen LogP contribution in [0.15, 0.2) is 18.3 Å². The SMILES string of the molecule is c1cnnc(N2CCCC(NC3CCOC4(CCC4)C3)C2)c1. The summed E-state index contributed by atoms with van der Waals surface area (Å²) in [5, 5.41) is 12.2. The number of ether oxygens (including phenoxy) is 1. The van der Waals surface area contributed by atoms with Crippen LogP contribution in [0, 0.1) is 0 Å². The Bertz CT molecular complexity index is 491. The average molecular weight is 302 g/mol. The van der Waals surface area contributed by atoms with Gasteiger partial charge in [-0.1, -0.05) is 0 Å². The topological polar surface area (TPSA) is 50.3 Å². The molecule has 1 aliphatic carbocycles. The highest BCUT2D eigenvalue weighted by Crippen LogP contribution is 2.42. The number of nitrogens with one attached hydrogen (secondary N) is 1. The van der Waals surface area contributed by atoms with Gasteiger partial charge in [0, 0.05) is 38.0 Å². The molecule has 3 heterocycles. The molecule has 1 aromatic rings. The van der Waals surface area contributed by atoms with Crippen molar-refractivity contribution >= 4 is 5.82 Å². The Hall–Kier alpha value is -1.20. The molecule has 0 amide bonds. The fourth-order valence-electron chi connectivity index (χ4n) is 4.21. The van der Waals surface area contributed by atoms with Crippen LogP contribution >= 0.6 is 0 Å². The molecular formula is C17H26N4O. The molecule has 120 valence electrons. The van der Waals surface area contributed by atoms with Gasteiger partial charge < -0.3 is 15.0 Å². The zero-order chi connectivity index (χ0) is 14.8. The highest BCUT2D eigenvalue weighted by atomic mass is 16.5. The van der Waals surface area contributed by atoms with Crippen molar-refractivity contribution in [2.24, 2.45) is 0 Å². The Kier molecular flexibility index (Phi) is 4.01. The molecule has 0 bridgehead atoms. The van der Waals surface area contributed by atoms with Gasteiger partial charge in [0.15, 0.2) is 5.82 Å². The maximum absolute atomic E-state index is 6.04. The number of hydrogen-bond donors (Lipinski definition) is 1. The second-order valence-electron chi connectivity index (χ2n) is 7.11. The smallest absolute Gasteiger partial charge is 0.151 e. The van der Waals surface area contributed by atoms with Gasteiger partial charge in [-0.25, -0.2) is 0 Å². The fraction of sp³-hybridized carbons (Fsp3) is 0.765. The molecule has 1 aromatic heterocycles. The van der Waals surface area contributed by atoms with E-state index < -0.39 is 0 Å². The molecule has 5 heteroatoms. The third-order valence-electron chi connectivity index (χ3n) is 5.53. The van der Waals surface area contributed by atoms with E-state index in [9.17, 15) is 0 Å². The van der Waals surface area contributed by atoms with E-state index in [1.165, 1.54) is 38.5 Å². The summed E-state index contributed by atoms with van der Waals surface area (Å²) in [7, 11) is 0. The molecule has 3 fully saturated rings. The summed E-state index contributed by atoms with van der Waals surface area (Å²) in [4.78, 5) is 2.37. The van der Waals surface area contributed by atoms with Crippen LogP contribution in [0.5, 0.6) is 0 Å².